The van der Waals surface area contributed by atoms with Gasteiger partial charge in [-0.25, -0.2) is 4.79 Å². The second-order valence-corrected chi connectivity index (χ2v) is 36.8. The molecule has 1 unspecified atom stereocenters. The number of carbonyl (C=O) groups is 2. The molecule has 0 radical (unpaired) electrons. The van der Waals surface area contributed by atoms with Crippen molar-refractivity contribution in [2.24, 2.45) is 5.41 Å². The van der Waals surface area contributed by atoms with Gasteiger partial charge in [0.25, 0.3) is 8.32 Å². The Morgan fingerprint density at radius 2 is 1.31 bits per heavy atom. The third-order valence-electron chi connectivity index (χ3n) is 19.2. The van der Waals surface area contributed by atoms with Gasteiger partial charge in [-0.1, -0.05) is 194 Å². The highest BCUT2D eigenvalue weighted by atomic mass is 28.4. The van der Waals surface area contributed by atoms with E-state index in [1.165, 1.54) is 20.1 Å². The minimum absolute atomic E-state index is 0.0453. The fourth-order valence-electron chi connectivity index (χ4n) is 13.0. The molecular formula is C75H106O14Si2. The van der Waals surface area contributed by atoms with Crippen molar-refractivity contribution in [1.29, 1.82) is 0 Å². The van der Waals surface area contributed by atoms with Crippen molar-refractivity contribution in [3.05, 3.63) is 174 Å². The zero-order valence-corrected chi connectivity index (χ0v) is 59.0. The van der Waals surface area contributed by atoms with Crippen LogP contribution in [0.4, 0.5) is 0 Å². The maximum absolute atomic E-state index is 13.3. The van der Waals surface area contributed by atoms with Gasteiger partial charge < -0.3 is 56.6 Å². The molecule has 3 aliphatic heterocycles. The van der Waals surface area contributed by atoms with Crippen LogP contribution in [0.5, 0.6) is 5.75 Å². The molecule has 3 fully saturated rings. The number of hydrogen-bond donors (Lipinski definition) is 1. The van der Waals surface area contributed by atoms with Gasteiger partial charge in [0.1, 0.15) is 12.5 Å². The number of benzene rings is 4. The van der Waals surface area contributed by atoms with Gasteiger partial charge >= 0.3 is 11.9 Å². The lowest BCUT2D eigenvalue weighted by Gasteiger charge is -2.53. The first kappa shape index (κ1) is 73.1. The third-order valence-corrected chi connectivity index (χ3v) is 28.2. The largest absolute Gasteiger partial charge is 0.497 e. The molecule has 498 valence electrons. The van der Waals surface area contributed by atoms with Crippen molar-refractivity contribution in [3.8, 4) is 5.75 Å². The molecule has 0 bridgehead atoms. The molecule has 1 N–H and O–H groups in total. The van der Waals surface area contributed by atoms with Gasteiger partial charge in [0.05, 0.1) is 76.3 Å². The van der Waals surface area contributed by atoms with E-state index in [2.05, 4.69) is 85.1 Å². The van der Waals surface area contributed by atoms with Crippen LogP contribution in [0, 0.1) is 5.41 Å². The smallest absolute Gasteiger partial charge is 0.330 e. The second-order valence-electron chi connectivity index (χ2n) is 28.1. The van der Waals surface area contributed by atoms with E-state index < -0.39 is 69.2 Å². The topological polar surface area (TPSA) is 156 Å². The number of ether oxygens (including phenoxy) is 10. The molecule has 0 saturated carbocycles. The first-order valence-electron chi connectivity index (χ1n) is 32.6. The van der Waals surface area contributed by atoms with E-state index in [1.807, 2.05) is 124 Å². The van der Waals surface area contributed by atoms with Gasteiger partial charge in [0.15, 0.2) is 14.4 Å². The number of rotatable bonds is 31. The van der Waals surface area contributed by atoms with Gasteiger partial charge in [0.2, 0.25) is 5.79 Å². The van der Waals surface area contributed by atoms with Crippen LogP contribution in [0.3, 0.4) is 0 Å². The van der Waals surface area contributed by atoms with E-state index in [4.69, 9.17) is 51.8 Å². The number of hydrogen-bond acceptors (Lipinski definition) is 14. The molecule has 14 nitrogen and oxygen atoms in total. The summed E-state index contributed by atoms with van der Waals surface area (Å²) in [5.74, 6) is -2.04. The van der Waals surface area contributed by atoms with Gasteiger partial charge in [0, 0.05) is 44.8 Å². The summed E-state index contributed by atoms with van der Waals surface area (Å²) in [6.45, 7) is 32.7. The summed E-state index contributed by atoms with van der Waals surface area (Å²) in [6.07, 6.45) is 8.84. The minimum atomic E-state index is -3.22. The van der Waals surface area contributed by atoms with E-state index in [9.17, 15) is 14.4 Å². The van der Waals surface area contributed by atoms with Crippen LogP contribution in [0.1, 0.15) is 144 Å². The van der Waals surface area contributed by atoms with Gasteiger partial charge in [-0.3, -0.25) is 4.79 Å². The Hall–Kier alpha value is -5.35. The predicted octanol–water partition coefficient (Wildman–Crippen LogP) is 14.4. The highest BCUT2D eigenvalue weighted by Gasteiger charge is 2.59. The highest BCUT2D eigenvalue weighted by molar-refractivity contribution is 6.98. The van der Waals surface area contributed by atoms with Crippen molar-refractivity contribution in [2.75, 3.05) is 28.1 Å². The molecule has 3 aliphatic rings. The lowest BCUT2D eigenvalue weighted by molar-refractivity contribution is -0.338. The van der Waals surface area contributed by atoms with Gasteiger partial charge in [-0.15, -0.1) is 0 Å². The molecule has 3 saturated heterocycles. The number of esters is 2. The van der Waals surface area contributed by atoms with Crippen LogP contribution in [0.15, 0.2) is 163 Å². The first-order chi connectivity index (χ1) is 43.1. The van der Waals surface area contributed by atoms with E-state index in [-0.39, 0.29) is 48.8 Å². The van der Waals surface area contributed by atoms with Crippen LogP contribution in [0.25, 0.3) is 0 Å². The molecule has 0 aromatic heterocycles. The lowest BCUT2D eigenvalue weighted by Crippen LogP contribution is -2.65. The Morgan fingerprint density at radius 1 is 0.725 bits per heavy atom. The van der Waals surface area contributed by atoms with Crippen molar-refractivity contribution in [2.45, 2.75) is 230 Å². The van der Waals surface area contributed by atoms with Crippen LogP contribution in [0.2, 0.25) is 23.2 Å². The molecule has 10 atom stereocenters. The van der Waals surface area contributed by atoms with Crippen molar-refractivity contribution in [1.82, 2.24) is 0 Å². The Labute approximate surface area is 546 Å². The summed E-state index contributed by atoms with van der Waals surface area (Å²) < 4.78 is 71.2. The van der Waals surface area contributed by atoms with Crippen LogP contribution in [-0.4, -0.2) is 122 Å². The van der Waals surface area contributed by atoms with E-state index in [0.717, 1.165) is 64.1 Å². The zero-order valence-electron chi connectivity index (χ0n) is 57.0. The summed E-state index contributed by atoms with van der Waals surface area (Å²) in [4.78, 5) is 39.4. The summed E-state index contributed by atoms with van der Waals surface area (Å²) >= 11 is 0. The Kier molecular flexibility index (Phi) is 26.2. The molecule has 4 aromatic carbocycles. The molecule has 4 aromatic rings. The van der Waals surface area contributed by atoms with E-state index >= 15 is 0 Å². The van der Waals surface area contributed by atoms with Crippen molar-refractivity contribution in [3.63, 3.8) is 0 Å². The SMILES string of the molecule is C=C1CC(C[C@H](CCCC(C)(C)[Si](O)(c2ccccc2)c2ccccc2)OCc2ccc(OC)cc2)O[C@@H](C[C@@H]2CC(=C)C[C@H](/C=C/C(C)(C)[C@]3(OC)O[C@H](C[C@@H](O[Si](C)(C)C(C)(C)C)[C@@H](C)OCOCc4ccccc4)C/C(=C\C(=O)OC)[C@@H]3OC(C)=O)O2)C1. The first-order valence-corrected chi connectivity index (χ1v) is 37.5. The normalized spacial score (nSPS) is 23.6. The lowest BCUT2D eigenvalue weighted by atomic mass is 9.73. The van der Waals surface area contributed by atoms with E-state index in [0.29, 0.717) is 57.3 Å². The molecule has 0 spiro atoms. The quantitative estimate of drug-likeness (QED) is 0.0127. The van der Waals surface area contributed by atoms with Crippen molar-refractivity contribution < 1.29 is 66.2 Å². The molecule has 16 heteroatoms. The Morgan fingerprint density at radius 3 is 1.89 bits per heavy atom. The number of carbonyl (C=O) groups excluding carboxylic acids is 2. The standard InChI is InChI=1S/C75H106O14Si2/c1-53-41-62(38-40-73(8,9)75(81-14)71(85-56(4)76)59(46-70(77)80-13)45-66(88-75)49-69(89-90(15,16)72(5,6)7)55(3)84-52-82-50-57-27-20-17-21-28-57)86-64(42-53)48-65-44-54(2)43-63(87-65)47-61(83-51-58-34-36-60(79-12)37-35-58)29-26-39-74(10,11)91(78,67-30-22-18-23-31-67)68-32-24-19-25-33-68/h17-25,27-28,30-38,40,46,55,61-66,69,71,78H,1-2,26,29,39,41-45,47-52H2,3-16H3/b40-38+,59-46+/t55-,61+,62+,63?,64+,65-,66+,69-,71+,75-/m1/s1. The van der Waals surface area contributed by atoms with Crippen LogP contribution in [-0.2, 0) is 69.9 Å². The average molecular weight is 1290 g/mol. The summed E-state index contributed by atoms with van der Waals surface area (Å²) in [6, 6.07) is 38.4. The summed E-state index contributed by atoms with van der Waals surface area (Å²) in [5.41, 5.74) is 3.74. The molecular weight excluding hydrogens is 1180 g/mol. The maximum atomic E-state index is 13.3. The average Bonchev–Trinajstić information content (AvgIpc) is 0.803. The molecule has 91 heavy (non-hydrogen) atoms. The Balaban J connectivity index is 1.08. The minimum Gasteiger partial charge on any atom is -0.497 e. The second kappa shape index (κ2) is 32.7. The van der Waals surface area contributed by atoms with Crippen molar-refractivity contribution >= 4 is 38.9 Å². The summed E-state index contributed by atoms with van der Waals surface area (Å²) in [5, 5.41) is 1.47. The van der Waals surface area contributed by atoms with Gasteiger partial charge in [-0.2, -0.15) is 0 Å². The maximum Gasteiger partial charge on any atom is 0.330 e. The fraction of sp³-hybridized carbons (Fsp3) is 0.547. The fourth-order valence-corrected chi connectivity index (χ4v) is 18.2. The zero-order chi connectivity index (χ0) is 66.2. The molecule has 7 rings (SSSR count). The van der Waals surface area contributed by atoms with Crippen LogP contribution >= 0.6 is 0 Å². The summed E-state index contributed by atoms with van der Waals surface area (Å²) in [7, 11) is -1.11. The van der Waals surface area contributed by atoms with E-state index in [1.54, 1.807) is 14.2 Å². The van der Waals surface area contributed by atoms with Crippen LogP contribution < -0.4 is 15.1 Å². The third kappa shape index (κ3) is 19.6. The molecule has 0 aliphatic carbocycles. The Bertz CT molecular complexity index is 2970. The number of methoxy groups -OCH3 is 3. The molecule has 3 heterocycles. The predicted molar refractivity (Wildman–Crippen MR) is 364 cm³/mol. The van der Waals surface area contributed by atoms with Gasteiger partial charge in [-0.05, 0) is 114 Å². The highest BCUT2D eigenvalue weighted by Crippen LogP contribution is 2.50. The monoisotopic (exact) mass is 1290 g/mol. The molecule has 0 amide bonds.